The van der Waals surface area contributed by atoms with Gasteiger partial charge >= 0.3 is 0 Å². The zero-order chi connectivity index (χ0) is 14.3. The number of carbonyl (C=O) groups is 1. The molecule has 0 aliphatic rings. The Hall–Kier alpha value is -1.07. The van der Waals surface area contributed by atoms with Crippen molar-refractivity contribution in [1.29, 1.82) is 0 Å². The van der Waals surface area contributed by atoms with Gasteiger partial charge in [0.2, 0.25) is 5.91 Å². The normalized spacial score (nSPS) is 12.0. The summed E-state index contributed by atoms with van der Waals surface area (Å²) in [4.78, 5) is 13.5. The van der Waals surface area contributed by atoms with Crippen molar-refractivity contribution in [1.82, 2.24) is 10.2 Å². The smallest absolute Gasteiger partial charge is 0.239 e. The van der Waals surface area contributed by atoms with Gasteiger partial charge in [-0.1, -0.05) is 15.9 Å². The average molecular weight is 329 g/mol. The van der Waals surface area contributed by atoms with E-state index in [1.54, 1.807) is 11.9 Å². The van der Waals surface area contributed by atoms with Crippen LogP contribution in [0.2, 0.25) is 0 Å². The van der Waals surface area contributed by atoms with E-state index in [4.69, 9.17) is 4.74 Å². The Kier molecular flexibility index (Phi) is 6.87. The number of ether oxygens (including phenoxy) is 1. The third kappa shape index (κ3) is 5.61. The van der Waals surface area contributed by atoms with Gasteiger partial charge in [0, 0.05) is 24.6 Å². The molecule has 0 aliphatic carbocycles. The van der Waals surface area contributed by atoms with E-state index in [0.717, 1.165) is 16.8 Å². The first-order valence-electron chi connectivity index (χ1n) is 6.41. The van der Waals surface area contributed by atoms with Gasteiger partial charge in [-0.3, -0.25) is 4.79 Å². The summed E-state index contributed by atoms with van der Waals surface area (Å²) in [6.07, 6.45) is 0. The molecule has 0 aromatic heterocycles. The molecule has 0 aliphatic heterocycles. The van der Waals surface area contributed by atoms with E-state index in [-0.39, 0.29) is 11.9 Å². The van der Waals surface area contributed by atoms with Gasteiger partial charge in [-0.2, -0.15) is 0 Å². The Balaban J connectivity index is 2.23. The van der Waals surface area contributed by atoms with Gasteiger partial charge in [0.15, 0.2) is 0 Å². The van der Waals surface area contributed by atoms with Crippen molar-refractivity contribution in [2.45, 2.75) is 19.9 Å². The van der Waals surface area contributed by atoms with Crippen LogP contribution in [-0.2, 0) is 4.79 Å². The van der Waals surface area contributed by atoms with Crippen molar-refractivity contribution < 1.29 is 9.53 Å². The van der Waals surface area contributed by atoms with Crippen LogP contribution < -0.4 is 10.1 Å². The molecular weight excluding hydrogens is 308 g/mol. The minimum Gasteiger partial charge on any atom is -0.492 e. The van der Waals surface area contributed by atoms with E-state index in [1.807, 2.05) is 38.1 Å². The quantitative estimate of drug-likeness (QED) is 0.781. The van der Waals surface area contributed by atoms with Crippen LogP contribution in [0.5, 0.6) is 5.75 Å². The molecule has 106 valence electrons. The van der Waals surface area contributed by atoms with Crippen LogP contribution >= 0.6 is 15.9 Å². The van der Waals surface area contributed by atoms with E-state index in [1.165, 1.54) is 0 Å². The summed E-state index contributed by atoms with van der Waals surface area (Å²) in [6, 6.07) is 7.50. The first-order valence-corrected chi connectivity index (χ1v) is 7.20. The van der Waals surface area contributed by atoms with Crippen molar-refractivity contribution in [2.24, 2.45) is 0 Å². The molecule has 0 bridgehead atoms. The highest BCUT2D eigenvalue weighted by atomic mass is 79.9. The molecule has 1 amide bonds. The molecule has 1 atom stereocenters. The number of hydrogen-bond donors (Lipinski definition) is 1. The molecule has 0 heterocycles. The Bertz CT molecular complexity index is 395. The topological polar surface area (TPSA) is 41.6 Å². The van der Waals surface area contributed by atoms with Gasteiger partial charge in [-0.15, -0.1) is 0 Å². The first kappa shape index (κ1) is 16.0. The summed E-state index contributed by atoms with van der Waals surface area (Å²) in [7, 11) is 1.80. The Morgan fingerprint density at radius 1 is 1.42 bits per heavy atom. The monoisotopic (exact) mass is 328 g/mol. The van der Waals surface area contributed by atoms with Gasteiger partial charge in [0.1, 0.15) is 12.4 Å². The number of nitrogens with one attached hydrogen (secondary N) is 1. The van der Waals surface area contributed by atoms with Crippen LogP contribution in [0, 0.1) is 0 Å². The summed E-state index contributed by atoms with van der Waals surface area (Å²) in [6.45, 7) is 5.73. The third-order valence-corrected chi connectivity index (χ3v) is 3.38. The lowest BCUT2D eigenvalue weighted by molar-refractivity contribution is -0.131. The van der Waals surface area contributed by atoms with Crippen LogP contribution in [0.4, 0.5) is 0 Å². The highest BCUT2D eigenvalue weighted by Gasteiger charge is 2.14. The fraction of sp³-hybridized carbons (Fsp3) is 0.500. The van der Waals surface area contributed by atoms with E-state index < -0.39 is 0 Å². The average Bonchev–Trinajstić information content (AvgIpc) is 2.43. The largest absolute Gasteiger partial charge is 0.492 e. The van der Waals surface area contributed by atoms with Crippen molar-refractivity contribution in [3.8, 4) is 5.75 Å². The highest BCUT2D eigenvalue weighted by molar-refractivity contribution is 9.10. The van der Waals surface area contributed by atoms with Crippen molar-refractivity contribution in [2.75, 3.05) is 26.7 Å². The number of halogens is 1. The molecule has 0 fully saturated rings. The molecule has 19 heavy (non-hydrogen) atoms. The molecule has 1 unspecified atom stereocenters. The van der Waals surface area contributed by atoms with Gasteiger partial charge < -0.3 is 15.0 Å². The zero-order valence-corrected chi connectivity index (χ0v) is 13.2. The second-order valence-corrected chi connectivity index (χ2v) is 5.25. The van der Waals surface area contributed by atoms with E-state index in [9.17, 15) is 4.79 Å². The van der Waals surface area contributed by atoms with Crippen molar-refractivity contribution in [3.63, 3.8) is 0 Å². The Morgan fingerprint density at radius 2 is 2.05 bits per heavy atom. The summed E-state index contributed by atoms with van der Waals surface area (Å²) in [5, 5.41) is 3.15. The number of likely N-dealkylation sites (N-methyl/N-ethyl adjacent to an activating group) is 1. The molecule has 0 saturated heterocycles. The fourth-order valence-electron chi connectivity index (χ4n) is 1.55. The summed E-state index contributed by atoms with van der Waals surface area (Å²) in [5.41, 5.74) is 0. The maximum atomic E-state index is 11.8. The summed E-state index contributed by atoms with van der Waals surface area (Å²) < 4.78 is 6.60. The van der Waals surface area contributed by atoms with E-state index >= 15 is 0 Å². The van der Waals surface area contributed by atoms with Gasteiger partial charge in [-0.25, -0.2) is 0 Å². The fourth-order valence-corrected chi connectivity index (χ4v) is 1.81. The number of carbonyl (C=O) groups excluding carboxylic acids is 1. The molecule has 1 rings (SSSR count). The number of benzene rings is 1. The van der Waals surface area contributed by atoms with Gasteiger partial charge in [-0.05, 0) is 38.1 Å². The minimum absolute atomic E-state index is 0.103. The highest BCUT2D eigenvalue weighted by Crippen LogP contribution is 2.15. The van der Waals surface area contributed by atoms with Gasteiger partial charge in [0.05, 0.1) is 6.04 Å². The standard InChI is InChI=1S/C14H21BrN2O2/c1-4-17(3)14(18)11(2)16-9-10-19-13-7-5-12(15)6-8-13/h5-8,11,16H,4,9-10H2,1-3H3. The van der Waals surface area contributed by atoms with Crippen LogP contribution in [0.15, 0.2) is 28.7 Å². The molecule has 4 nitrogen and oxygen atoms in total. The van der Waals surface area contributed by atoms with Gasteiger partial charge in [0.25, 0.3) is 0 Å². The van der Waals surface area contributed by atoms with Crippen LogP contribution in [0.25, 0.3) is 0 Å². The second kappa shape index (κ2) is 8.17. The lowest BCUT2D eigenvalue weighted by atomic mass is 10.3. The SMILES string of the molecule is CCN(C)C(=O)C(C)NCCOc1ccc(Br)cc1. The molecule has 1 N–H and O–H groups in total. The summed E-state index contributed by atoms with van der Waals surface area (Å²) in [5.74, 6) is 0.931. The maximum Gasteiger partial charge on any atom is 0.239 e. The Labute approximate surface area is 123 Å². The molecule has 1 aromatic carbocycles. The van der Waals surface area contributed by atoms with Crippen molar-refractivity contribution >= 4 is 21.8 Å². The number of hydrogen-bond acceptors (Lipinski definition) is 3. The number of rotatable bonds is 7. The maximum absolute atomic E-state index is 11.8. The summed E-state index contributed by atoms with van der Waals surface area (Å²) >= 11 is 3.37. The second-order valence-electron chi connectivity index (χ2n) is 4.33. The lowest BCUT2D eigenvalue weighted by Crippen LogP contribution is -2.44. The minimum atomic E-state index is -0.182. The molecule has 1 aromatic rings. The molecular formula is C14H21BrN2O2. The van der Waals surface area contributed by atoms with E-state index in [2.05, 4.69) is 21.2 Å². The predicted molar refractivity (Wildman–Crippen MR) is 80.4 cm³/mol. The predicted octanol–water partition coefficient (Wildman–Crippen LogP) is 2.28. The number of amides is 1. The van der Waals surface area contributed by atoms with Crippen LogP contribution in [-0.4, -0.2) is 43.6 Å². The zero-order valence-electron chi connectivity index (χ0n) is 11.6. The lowest BCUT2D eigenvalue weighted by Gasteiger charge is -2.20. The van der Waals surface area contributed by atoms with Crippen LogP contribution in [0.3, 0.4) is 0 Å². The Morgan fingerprint density at radius 3 is 2.63 bits per heavy atom. The number of nitrogens with zero attached hydrogens (tertiary/aromatic N) is 1. The third-order valence-electron chi connectivity index (χ3n) is 2.86. The molecule has 0 spiro atoms. The van der Waals surface area contributed by atoms with Crippen LogP contribution in [0.1, 0.15) is 13.8 Å². The molecule has 0 radical (unpaired) electrons. The molecule has 5 heteroatoms. The molecule has 0 saturated carbocycles. The first-order chi connectivity index (χ1) is 9.04. The van der Waals surface area contributed by atoms with E-state index in [0.29, 0.717) is 13.2 Å². The van der Waals surface area contributed by atoms with Crippen molar-refractivity contribution in [3.05, 3.63) is 28.7 Å².